The zero-order valence-electron chi connectivity index (χ0n) is 20.1. The predicted octanol–water partition coefficient (Wildman–Crippen LogP) is 6.58. The van der Waals surface area contributed by atoms with Crippen LogP contribution in [0, 0.1) is 0 Å². The van der Waals surface area contributed by atoms with Gasteiger partial charge in [0.1, 0.15) is 0 Å². The zero-order chi connectivity index (χ0) is 23.4. The van der Waals surface area contributed by atoms with E-state index < -0.39 is 0 Å². The van der Waals surface area contributed by atoms with Crippen molar-refractivity contribution in [3.05, 3.63) is 59.3 Å². The smallest absolute Gasteiger partial charge is 0.233 e. The molecule has 7 rings (SSSR count). The van der Waals surface area contributed by atoms with E-state index in [4.69, 9.17) is 0 Å². The number of nitrogens with one attached hydrogen (secondary N) is 1. The van der Waals surface area contributed by atoms with Crippen molar-refractivity contribution >= 4 is 39.6 Å². The number of para-hydroxylation sites is 2. The van der Waals surface area contributed by atoms with Crippen LogP contribution in [0.1, 0.15) is 73.7 Å². The van der Waals surface area contributed by atoms with Crippen molar-refractivity contribution in [3.8, 4) is 0 Å². The van der Waals surface area contributed by atoms with Gasteiger partial charge < -0.3 is 14.5 Å². The van der Waals surface area contributed by atoms with E-state index in [2.05, 4.69) is 37.6 Å². The lowest BCUT2D eigenvalue weighted by molar-refractivity contribution is -0.132. The number of aromatic amines is 1. The van der Waals surface area contributed by atoms with Gasteiger partial charge in [-0.15, -0.1) is 0 Å². The molecule has 1 amide bonds. The van der Waals surface area contributed by atoms with Crippen LogP contribution in [0.2, 0.25) is 0 Å². The van der Waals surface area contributed by atoms with Gasteiger partial charge in [0.05, 0.1) is 22.8 Å². The summed E-state index contributed by atoms with van der Waals surface area (Å²) in [5, 5.41) is 2.28. The number of carbonyl (C=O) groups is 1. The van der Waals surface area contributed by atoms with Crippen LogP contribution in [0.3, 0.4) is 0 Å². The van der Waals surface area contributed by atoms with Gasteiger partial charge >= 0.3 is 0 Å². The maximum Gasteiger partial charge on any atom is 0.233 e. The second-order valence-corrected chi connectivity index (χ2v) is 11.4. The lowest BCUT2D eigenvalue weighted by atomic mass is 9.83. The highest BCUT2D eigenvalue weighted by atomic mass is 32.2. The molecule has 1 atom stereocenters. The van der Waals surface area contributed by atoms with Crippen LogP contribution in [0.4, 0.5) is 0 Å². The zero-order valence-corrected chi connectivity index (χ0v) is 20.9. The fraction of sp³-hybridized carbons (Fsp3) is 0.448. The second kappa shape index (κ2) is 8.74. The quantitative estimate of drug-likeness (QED) is 0.333. The van der Waals surface area contributed by atoms with Gasteiger partial charge in [0.15, 0.2) is 5.16 Å². The fourth-order valence-electron chi connectivity index (χ4n) is 6.82. The molecule has 0 radical (unpaired) electrons. The van der Waals surface area contributed by atoms with Crippen LogP contribution in [-0.2, 0) is 17.8 Å². The topological polar surface area (TPSA) is 53.9 Å². The number of fused-ring (bicyclic) bond motifs is 4. The van der Waals surface area contributed by atoms with E-state index in [-0.39, 0.29) is 11.9 Å². The van der Waals surface area contributed by atoms with Gasteiger partial charge in [0.2, 0.25) is 5.91 Å². The van der Waals surface area contributed by atoms with E-state index in [0.29, 0.717) is 5.75 Å². The number of hydrogen-bond donors (Lipinski definition) is 1. The standard InChI is InChI=1S/C29H32N4OS/c34-27(18-35-29-30-23-10-4-5-11-24(23)31-29)32-15-16-33-25-14-13-20(19-7-2-1-3-8-19)17-22(25)21-9-6-12-26(32)28(21)33/h4-5,10-11,13-14,17,19,26H,1-3,6-9,12,15-16,18H2,(H,30,31)/t26-/m1/s1. The molecule has 1 N–H and O–H groups in total. The number of H-pyrrole nitrogens is 1. The molecule has 1 saturated carbocycles. The maximum absolute atomic E-state index is 13.4. The normalized spacial score (nSPS) is 20.5. The number of aryl methyl sites for hydroxylation is 1. The van der Waals surface area contributed by atoms with Gasteiger partial charge in [-0.25, -0.2) is 4.98 Å². The molecular weight excluding hydrogens is 452 g/mol. The summed E-state index contributed by atoms with van der Waals surface area (Å²) in [6, 6.07) is 15.5. The Bertz CT molecular complexity index is 1380. The highest BCUT2D eigenvalue weighted by Crippen LogP contribution is 2.44. The molecule has 0 unspecified atom stereocenters. The van der Waals surface area contributed by atoms with Crippen molar-refractivity contribution in [3.63, 3.8) is 0 Å². The Morgan fingerprint density at radius 2 is 1.91 bits per heavy atom. The maximum atomic E-state index is 13.4. The minimum absolute atomic E-state index is 0.210. The summed E-state index contributed by atoms with van der Waals surface area (Å²) in [4.78, 5) is 23.6. The second-order valence-electron chi connectivity index (χ2n) is 10.5. The van der Waals surface area contributed by atoms with Crippen LogP contribution in [0.25, 0.3) is 21.9 Å². The number of imidazole rings is 1. The molecule has 0 spiro atoms. The number of benzene rings is 2. The first-order valence-electron chi connectivity index (χ1n) is 13.3. The third kappa shape index (κ3) is 3.68. The van der Waals surface area contributed by atoms with Crippen molar-refractivity contribution in [2.75, 3.05) is 12.3 Å². The molecule has 35 heavy (non-hydrogen) atoms. The van der Waals surface area contributed by atoms with E-state index in [9.17, 15) is 4.79 Å². The number of carbonyl (C=O) groups excluding carboxylic acids is 1. The van der Waals surface area contributed by atoms with Gasteiger partial charge in [0.25, 0.3) is 0 Å². The van der Waals surface area contributed by atoms with Gasteiger partial charge in [-0.2, -0.15) is 0 Å². The van der Waals surface area contributed by atoms with Gasteiger partial charge in [-0.05, 0) is 73.4 Å². The Morgan fingerprint density at radius 3 is 2.80 bits per heavy atom. The first-order valence-corrected chi connectivity index (χ1v) is 14.3. The summed E-state index contributed by atoms with van der Waals surface area (Å²) >= 11 is 1.52. The van der Waals surface area contributed by atoms with Gasteiger partial charge in [-0.3, -0.25) is 4.79 Å². The Morgan fingerprint density at radius 1 is 1.03 bits per heavy atom. The molecule has 1 fully saturated rings. The van der Waals surface area contributed by atoms with Gasteiger partial charge in [0, 0.05) is 29.7 Å². The highest BCUT2D eigenvalue weighted by Gasteiger charge is 2.37. The number of thioether (sulfide) groups is 1. The summed E-state index contributed by atoms with van der Waals surface area (Å²) in [7, 11) is 0. The summed E-state index contributed by atoms with van der Waals surface area (Å²) < 4.78 is 2.54. The van der Waals surface area contributed by atoms with E-state index in [1.54, 1.807) is 0 Å². The molecule has 2 aliphatic carbocycles. The van der Waals surface area contributed by atoms with Crippen LogP contribution in [-0.4, -0.2) is 37.6 Å². The van der Waals surface area contributed by atoms with Crippen LogP contribution < -0.4 is 0 Å². The number of aromatic nitrogens is 3. The number of hydrogen-bond acceptors (Lipinski definition) is 3. The molecule has 0 bridgehead atoms. The first-order chi connectivity index (χ1) is 17.3. The largest absolute Gasteiger partial charge is 0.341 e. The summed E-state index contributed by atoms with van der Waals surface area (Å²) in [5.41, 5.74) is 7.82. The molecule has 1 aliphatic heterocycles. The van der Waals surface area contributed by atoms with E-state index >= 15 is 0 Å². The van der Waals surface area contributed by atoms with Crippen LogP contribution in [0.5, 0.6) is 0 Å². The molecule has 5 nitrogen and oxygen atoms in total. The molecule has 3 aliphatic rings. The lowest BCUT2D eigenvalue weighted by Gasteiger charge is -2.40. The molecule has 3 heterocycles. The van der Waals surface area contributed by atoms with Gasteiger partial charge in [-0.1, -0.05) is 49.2 Å². The molecule has 6 heteroatoms. The molecular formula is C29H32N4OS. The number of nitrogens with zero attached hydrogens (tertiary/aromatic N) is 3. The van der Waals surface area contributed by atoms with Crippen molar-refractivity contribution in [1.29, 1.82) is 0 Å². The Kier molecular flexibility index (Phi) is 5.38. The molecule has 2 aromatic heterocycles. The minimum atomic E-state index is 0.210. The SMILES string of the molecule is O=C(CSc1nc2ccccc2[nH]1)N1CCn2c3c(c4cc(C5CCCCC5)ccc42)CCC[C@H]31. The number of amides is 1. The summed E-state index contributed by atoms with van der Waals surface area (Å²) in [6.45, 7) is 1.69. The third-order valence-corrected chi connectivity index (χ3v) is 9.35. The highest BCUT2D eigenvalue weighted by molar-refractivity contribution is 7.99. The van der Waals surface area contributed by atoms with E-state index in [0.717, 1.165) is 54.5 Å². The fourth-order valence-corrected chi connectivity index (χ4v) is 7.59. The van der Waals surface area contributed by atoms with E-state index in [1.165, 1.54) is 71.6 Å². The van der Waals surface area contributed by atoms with Crippen LogP contribution >= 0.6 is 11.8 Å². The molecule has 2 aromatic carbocycles. The Labute approximate surface area is 210 Å². The minimum Gasteiger partial charge on any atom is -0.341 e. The number of rotatable bonds is 4. The van der Waals surface area contributed by atoms with E-state index in [1.807, 2.05) is 24.3 Å². The predicted molar refractivity (Wildman–Crippen MR) is 142 cm³/mol. The third-order valence-electron chi connectivity index (χ3n) is 8.49. The Balaban J connectivity index is 1.15. The van der Waals surface area contributed by atoms with Crippen molar-refractivity contribution in [2.45, 2.75) is 75.0 Å². The van der Waals surface area contributed by atoms with Crippen molar-refractivity contribution in [1.82, 2.24) is 19.4 Å². The van der Waals surface area contributed by atoms with Crippen molar-refractivity contribution < 1.29 is 4.79 Å². The monoisotopic (exact) mass is 484 g/mol. The molecule has 0 saturated heterocycles. The van der Waals surface area contributed by atoms with Crippen molar-refractivity contribution in [2.24, 2.45) is 0 Å². The average molecular weight is 485 g/mol. The average Bonchev–Trinajstić information content (AvgIpc) is 3.48. The summed E-state index contributed by atoms with van der Waals surface area (Å²) in [6.07, 6.45) is 10.2. The lowest BCUT2D eigenvalue weighted by Crippen LogP contribution is -2.44. The first kappa shape index (κ1) is 21.5. The summed E-state index contributed by atoms with van der Waals surface area (Å²) in [5.74, 6) is 1.38. The van der Waals surface area contributed by atoms with Crippen LogP contribution in [0.15, 0.2) is 47.6 Å². The molecule has 180 valence electrons. The Hall–Kier alpha value is -2.73. The molecule has 4 aromatic rings.